The van der Waals surface area contributed by atoms with E-state index in [4.69, 9.17) is 0 Å². The second-order valence-corrected chi connectivity index (χ2v) is 4.05. The number of nitrogens with zero attached hydrogens (tertiary/aromatic N) is 4. The lowest BCUT2D eigenvalue weighted by Gasteiger charge is -2.07. The predicted octanol–water partition coefficient (Wildman–Crippen LogP) is 0.616. The molecule has 0 aliphatic carbocycles. The number of aromatic nitrogens is 6. The number of hydrogen-bond donors (Lipinski definition) is 3. The predicted molar refractivity (Wildman–Crippen MR) is 70.6 cm³/mol. The molecule has 0 aliphatic heterocycles. The fraction of sp³-hybridized carbons (Fsp3) is 0.0833. The molecule has 100 valence electrons. The molecular weight excluding hydrogens is 258 g/mol. The fourth-order valence-corrected chi connectivity index (χ4v) is 1.92. The quantitative estimate of drug-likeness (QED) is 0.645. The maximum absolute atomic E-state index is 11.9. The SMILES string of the molecule is CNC(=O)c1ccc(-c2cn[nH]n2)cc1-c1cn[nH]n1. The third-order valence-electron chi connectivity index (χ3n) is 2.89. The minimum absolute atomic E-state index is 0.185. The Morgan fingerprint density at radius 2 is 1.80 bits per heavy atom. The van der Waals surface area contributed by atoms with Crippen LogP contribution in [-0.4, -0.2) is 43.8 Å². The van der Waals surface area contributed by atoms with Crippen LogP contribution < -0.4 is 5.32 Å². The van der Waals surface area contributed by atoms with Gasteiger partial charge in [-0.05, 0) is 12.1 Å². The van der Waals surface area contributed by atoms with Gasteiger partial charge in [0, 0.05) is 23.7 Å². The van der Waals surface area contributed by atoms with Gasteiger partial charge in [-0.3, -0.25) is 4.79 Å². The van der Waals surface area contributed by atoms with Crippen molar-refractivity contribution in [1.82, 2.24) is 36.1 Å². The van der Waals surface area contributed by atoms with Gasteiger partial charge in [-0.15, -0.1) is 0 Å². The van der Waals surface area contributed by atoms with Crippen LogP contribution in [0.5, 0.6) is 0 Å². The largest absolute Gasteiger partial charge is 0.355 e. The number of rotatable bonds is 3. The van der Waals surface area contributed by atoms with Gasteiger partial charge in [0.1, 0.15) is 11.4 Å². The molecule has 2 heterocycles. The van der Waals surface area contributed by atoms with Crippen LogP contribution in [0.3, 0.4) is 0 Å². The van der Waals surface area contributed by atoms with E-state index in [0.717, 1.165) is 5.56 Å². The molecule has 3 rings (SSSR count). The van der Waals surface area contributed by atoms with E-state index in [1.165, 1.54) is 0 Å². The Kier molecular flexibility index (Phi) is 2.96. The lowest BCUT2D eigenvalue weighted by atomic mass is 10.00. The summed E-state index contributed by atoms with van der Waals surface area (Å²) in [6.45, 7) is 0. The summed E-state index contributed by atoms with van der Waals surface area (Å²) in [6, 6.07) is 5.37. The van der Waals surface area contributed by atoms with Crippen LogP contribution in [0, 0.1) is 0 Å². The van der Waals surface area contributed by atoms with Crippen molar-refractivity contribution in [2.75, 3.05) is 7.05 Å². The van der Waals surface area contributed by atoms with Crippen LogP contribution in [0.25, 0.3) is 22.5 Å². The molecule has 0 bridgehead atoms. The average molecular weight is 269 g/mol. The summed E-state index contributed by atoms with van der Waals surface area (Å²) < 4.78 is 0. The summed E-state index contributed by atoms with van der Waals surface area (Å²) in [5.74, 6) is -0.185. The molecular formula is C12H11N7O. The van der Waals surface area contributed by atoms with Crippen molar-refractivity contribution in [2.45, 2.75) is 0 Å². The van der Waals surface area contributed by atoms with Gasteiger partial charge in [-0.25, -0.2) is 0 Å². The van der Waals surface area contributed by atoms with Crippen molar-refractivity contribution in [3.8, 4) is 22.5 Å². The molecule has 0 saturated carbocycles. The standard InChI is InChI=1S/C12H11N7O/c1-13-12(20)8-3-2-7(10-5-14-18-16-10)4-9(8)11-6-15-19-17-11/h2-6H,1H3,(H,13,20)(H,14,16,18)(H,15,17,19). The zero-order valence-electron chi connectivity index (χ0n) is 10.6. The minimum atomic E-state index is -0.185. The smallest absolute Gasteiger partial charge is 0.251 e. The number of carbonyl (C=O) groups excluding carboxylic acids is 1. The van der Waals surface area contributed by atoms with Gasteiger partial charge >= 0.3 is 0 Å². The van der Waals surface area contributed by atoms with E-state index in [1.54, 1.807) is 25.5 Å². The van der Waals surface area contributed by atoms with Gasteiger partial charge in [0.05, 0.1) is 12.4 Å². The minimum Gasteiger partial charge on any atom is -0.355 e. The highest BCUT2D eigenvalue weighted by molar-refractivity contribution is 6.01. The maximum Gasteiger partial charge on any atom is 0.251 e. The fourth-order valence-electron chi connectivity index (χ4n) is 1.92. The number of nitrogens with one attached hydrogen (secondary N) is 3. The number of benzene rings is 1. The maximum atomic E-state index is 11.9. The molecule has 0 atom stereocenters. The van der Waals surface area contributed by atoms with Crippen LogP contribution in [0.1, 0.15) is 10.4 Å². The van der Waals surface area contributed by atoms with E-state index < -0.39 is 0 Å². The van der Waals surface area contributed by atoms with E-state index >= 15 is 0 Å². The number of hydrogen-bond acceptors (Lipinski definition) is 5. The lowest BCUT2D eigenvalue weighted by molar-refractivity contribution is 0.0963. The molecule has 0 saturated heterocycles. The second-order valence-electron chi connectivity index (χ2n) is 4.05. The summed E-state index contributed by atoms with van der Waals surface area (Å²) in [5.41, 5.74) is 3.32. The average Bonchev–Trinajstić information content (AvgIpc) is 3.18. The first-order valence-corrected chi connectivity index (χ1v) is 5.88. The first-order chi connectivity index (χ1) is 9.79. The molecule has 20 heavy (non-hydrogen) atoms. The molecule has 1 amide bonds. The number of carbonyl (C=O) groups is 1. The van der Waals surface area contributed by atoms with Crippen molar-refractivity contribution in [3.05, 3.63) is 36.2 Å². The normalized spacial score (nSPS) is 10.4. The Morgan fingerprint density at radius 1 is 1.10 bits per heavy atom. The molecule has 0 spiro atoms. The topological polar surface area (TPSA) is 112 Å². The van der Waals surface area contributed by atoms with Crippen LogP contribution >= 0.6 is 0 Å². The van der Waals surface area contributed by atoms with Crippen LogP contribution in [0.15, 0.2) is 30.6 Å². The molecule has 0 radical (unpaired) electrons. The van der Waals surface area contributed by atoms with Gasteiger partial charge in [0.15, 0.2) is 0 Å². The molecule has 8 nitrogen and oxygen atoms in total. The molecule has 0 unspecified atom stereocenters. The van der Waals surface area contributed by atoms with Crippen molar-refractivity contribution in [2.24, 2.45) is 0 Å². The Balaban J connectivity index is 2.16. The van der Waals surface area contributed by atoms with Gasteiger partial charge in [-0.2, -0.15) is 30.8 Å². The molecule has 1 aromatic carbocycles. The van der Waals surface area contributed by atoms with E-state index in [0.29, 0.717) is 22.5 Å². The monoisotopic (exact) mass is 269 g/mol. The summed E-state index contributed by atoms with van der Waals surface area (Å²) in [6.07, 6.45) is 3.18. The molecule has 8 heteroatoms. The second kappa shape index (κ2) is 4.92. The van der Waals surface area contributed by atoms with E-state index in [-0.39, 0.29) is 5.91 Å². The highest BCUT2D eigenvalue weighted by atomic mass is 16.1. The number of amides is 1. The molecule has 0 aliphatic rings. The molecule has 0 fully saturated rings. The molecule has 2 aromatic heterocycles. The van der Waals surface area contributed by atoms with Gasteiger partial charge < -0.3 is 5.32 Å². The third-order valence-corrected chi connectivity index (χ3v) is 2.89. The van der Waals surface area contributed by atoms with Crippen LogP contribution in [0.4, 0.5) is 0 Å². The molecule has 3 N–H and O–H groups in total. The zero-order chi connectivity index (χ0) is 13.9. The first kappa shape index (κ1) is 12.0. The van der Waals surface area contributed by atoms with Crippen molar-refractivity contribution in [1.29, 1.82) is 0 Å². The Morgan fingerprint density at radius 3 is 2.40 bits per heavy atom. The number of aromatic amines is 2. The number of H-pyrrole nitrogens is 2. The third kappa shape index (κ3) is 2.03. The summed E-state index contributed by atoms with van der Waals surface area (Å²) in [7, 11) is 1.58. The van der Waals surface area contributed by atoms with E-state index in [9.17, 15) is 4.79 Å². The lowest BCUT2D eigenvalue weighted by Crippen LogP contribution is -2.18. The van der Waals surface area contributed by atoms with E-state index in [2.05, 4.69) is 36.1 Å². The Hall–Kier alpha value is -3.03. The van der Waals surface area contributed by atoms with Crippen LogP contribution in [0.2, 0.25) is 0 Å². The highest BCUT2D eigenvalue weighted by Gasteiger charge is 2.15. The summed E-state index contributed by atoms with van der Waals surface area (Å²) >= 11 is 0. The Labute approximate surface area is 113 Å². The van der Waals surface area contributed by atoms with Gasteiger partial charge in [0.2, 0.25) is 0 Å². The van der Waals surface area contributed by atoms with Gasteiger partial charge in [0.25, 0.3) is 5.91 Å². The van der Waals surface area contributed by atoms with Crippen LogP contribution in [-0.2, 0) is 0 Å². The highest BCUT2D eigenvalue weighted by Crippen LogP contribution is 2.27. The zero-order valence-corrected chi connectivity index (χ0v) is 10.6. The Bertz CT molecular complexity index is 718. The van der Waals surface area contributed by atoms with Crippen molar-refractivity contribution < 1.29 is 4.79 Å². The first-order valence-electron chi connectivity index (χ1n) is 5.88. The van der Waals surface area contributed by atoms with Crippen molar-refractivity contribution >= 4 is 5.91 Å². The van der Waals surface area contributed by atoms with E-state index in [1.807, 2.05) is 12.1 Å². The molecule has 3 aromatic rings. The van der Waals surface area contributed by atoms with Crippen molar-refractivity contribution in [3.63, 3.8) is 0 Å². The van der Waals surface area contributed by atoms with Gasteiger partial charge in [-0.1, -0.05) is 6.07 Å². The summed E-state index contributed by atoms with van der Waals surface area (Å²) in [5, 5.41) is 23.3. The summed E-state index contributed by atoms with van der Waals surface area (Å²) in [4.78, 5) is 11.9.